The van der Waals surface area contributed by atoms with E-state index in [0.717, 1.165) is 5.56 Å². The molecule has 0 atom stereocenters. The van der Waals surface area contributed by atoms with Gasteiger partial charge in [0.25, 0.3) is 0 Å². The summed E-state index contributed by atoms with van der Waals surface area (Å²) in [5.41, 5.74) is 0.755. The van der Waals surface area contributed by atoms with Crippen molar-refractivity contribution in [2.45, 2.75) is 0 Å². The van der Waals surface area contributed by atoms with Crippen LogP contribution in [0.3, 0.4) is 0 Å². The first-order chi connectivity index (χ1) is 5.74. The molecule has 0 aliphatic carbocycles. The molecule has 0 saturated carbocycles. The van der Waals surface area contributed by atoms with Gasteiger partial charge in [-0.15, -0.1) is 0 Å². The van der Waals surface area contributed by atoms with E-state index in [9.17, 15) is 0 Å². The fraction of sp³-hybridized carbons (Fsp3) is 0. The molecule has 0 aliphatic heterocycles. The van der Waals surface area contributed by atoms with Gasteiger partial charge in [-0.3, -0.25) is 0 Å². The van der Waals surface area contributed by atoms with Crippen molar-refractivity contribution in [3.05, 3.63) is 39.9 Å². The number of allylic oxidation sites excluding steroid dienone is 1. The SMILES string of the molecule is N#C/C(Cl)=C/c1ccccc1Cl. The van der Waals surface area contributed by atoms with Gasteiger partial charge in [-0.25, -0.2) is 0 Å². The van der Waals surface area contributed by atoms with E-state index < -0.39 is 0 Å². The Morgan fingerprint density at radius 3 is 2.67 bits per heavy atom. The smallest absolute Gasteiger partial charge is 0.118 e. The van der Waals surface area contributed by atoms with E-state index in [2.05, 4.69) is 0 Å². The van der Waals surface area contributed by atoms with Crippen molar-refractivity contribution in [2.24, 2.45) is 0 Å². The minimum Gasteiger partial charge on any atom is -0.191 e. The molecule has 0 N–H and O–H groups in total. The fourth-order valence-electron chi connectivity index (χ4n) is 0.761. The van der Waals surface area contributed by atoms with Crippen molar-refractivity contribution in [3.63, 3.8) is 0 Å². The molecule has 0 heterocycles. The average molecular weight is 198 g/mol. The maximum absolute atomic E-state index is 8.39. The highest BCUT2D eigenvalue weighted by molar-refractivity contribution is 6.35. The van der Waals surface area contributed by atoms with E-state index in [0.29, 0.717) is 5.02 Å². The molecule has 0 unspecified atom stereocenters. The van der Waals surface area contributed by atoms with Crippen LogP contribution in [0.5, 0.6) is 0 Å². The summed E-state index contributed by atoms with van der Waals surface area (Å²) in [6.45, 7) is 0. The third-order valence-electron chi connectivity index (χ3n) is 1.29. The largest absolute Gasteiger partial charge is 0.191 e. The third-order valence-corrected chi connectivity index (χ3v) is 1.83. The molecular formula is C9H5Cl2N. The number of halogens is 2. The summed E-state index contributed by atoms with van der Waals surface area (Å²) in [4.78, 5) is 0. The van der Waals surface area contributed by atoms with Gasteiger partial charge in [0.2, 0.25) is 0 Å². The van der Waals surface area contributed by atoms with Gasteiger partial charge in [-0.05, 0) is 17.7 Å². The molecular weight excluding hydrogens is 193 g/mol. The Morgan fingerprint density at radius 2 is 2.08 bits per heavy atom. The van der Waals surface area contributed by atoms with Gasteiger partial charge in [-0.1, -0.05) is 41.4 Å². The second-order valence-electron chi connectivity index (χ2n) is 2.13. The maximum Gasteiger partial charge on any atom is 0.118 e. The number of nitriles is 1. The molecule has 0 fully saturated rings. The zero-order valence-corrected chi connectivity index (χ0v) is 7.60. The summed E-state index contributed by atoms with van der Waals surface area (Å²) in [5, 5.41) is 9.11. The molecule has 0 aromatic heterocycles. The van der Waals surface area contributed by atoms with Gasteiger partial charge >= 0.3 is 0 Å². The predicted octanol–water partition coefficient (Wildman–Crippen LogP) is 3.44. The molecule has 1 aromatic carbocycles. The van der Waals surface area contributed by atoms with Gasteiger partial charge < -0.3 is 0 Å². The first-order valence-corrected chi connectivity index (χ1v) is 4.01. The van der Waals surface area contributed by atoms with E-state index in [-0.39, 0.29) is 5.03 Å². The molecule has 1 rings (SSSR count). The number of nitrogens with zero attached hydrogens (tertiary/aromatic N) is 1. The number of hydrogen-bond acceptors (Lipinski definition) is 1. The number of benzene rings is 1. The zero-order chi connectivity index (χ0) is 8.97. The summed E-state index contributed by atoms with van der Waals surface area (Å²) in [7, 11) is 0. The van der Waals surface area contributed by atoms with E-state index >= 15 is 0 Å². The van der Waals surface area contributed by atoms with Crippen molar-refractivity contribution in [1.29, 1.82) is 5.26 Å². The average Bonchev–Trinajstić information content (AvgIpc) is 2.09. The highest BCUT2D eigenvalue weighted by Crippen LogP contribution is 2.18. The van der Waals surface area contributed by atoms with Crippen LogP contribution in [0.1, 0.15) is 5.56 Å². The Morgan fingerprint density at radius 1 is 1.42 bits per heavy atom. The van der Waals surface area contributed by atoms with E-state index in [1.807, 2.05) is 18.2 Å². The Bertz CT molecular complexity index is 350. The summed E-state index contributed by atoms with van der Waals surface area (Å²) < 4.78 is 0. The molecule has 60 valence electrons. The highest BCUT2D eigenvalue weighted by Gasteiger charge is 1.95. The summed E-state index contributed by atoms with van der Waals surface area (Å²) in [5.74, 6) is 0. The molecule has 0 spiro atoms. The fourth-order valence-corrected chi connectivity index (χ4v) is 1.07. The van der Waals surface area contributed by atoms with E-state index in [4.69, 9.17) is 28.5 Å². The summed E-state index contributed by atoms with van der Waals surface area (Å²) in [6, 6.07) is 9.00. The van der Waals surface area contributed by atoms with Crippen LogP contribution in [0.2, 0.25) is 5.02 Å². The van der Waals surface area contributed by atoms with Crippen LogP contribution in [0.25, 0.3) is 6.08 Å². The van der Waals surface area contributed by atoms with E-state index in [1.54, 1.807) is 12.1 Å². The van der Waals surface area contributed by atoms with Gasteiger partial charge in [0.15, 0.2) is 0 Å². The van der Waals surface area contributed by atoms with Crippen LogP contribution in [0.15, 0.2) is 29.3 Å². The molecule has 0 aliphatic rings. The molecule has 0 amide bonds. The molecule has 0 bridgehead atoms. The van der Waals surface area contributed by atoms with Crippen LogP contribution < -0.4 is 0 Å². The van der Waals surface area contributed by atoms with Crippen LogP contribution in [-0.2, 0) is 0 Å². The lowest BCUT2D eigenvalue weighted by Gasteiger charge is -1.94. The zero-order valence-electron chi connectivity index (χ0n) is 6.09. The standard InChI is InChI=1S/C9H5Cl2N/c10-8(6-12)5-7-3-1-2-4-9(7)11/h1-5H/b8-5-. The normalized spacial score (nSPS) is 10.9. The van der Waals surface area contributed by atoms with Crippen molar-refractivity contribution >= 4 is 29.3 Å². The third kappa shape index (κ3) is 2.27. The summed E-state index contributed by atoms with van der Waals surface area (Å²) in [6.07, 6.45) is 1.53. The molecule has 3 heteroatoms. The van der Waals surface area contributed by atoms with E-state index in [1.165, 1.54) is 6.08 Å². The Hall–Kier alpha value is -0.970. The number of rotatable bonds is 1. The molecule has 12 heavy (non-hydrogen) atoms. The quantitative estimate of drug-likeness (QED) is 0.634. The topological polar surface area (TPSA) is 23.8 Å². The maximum atomic E-state index is 8.39. The molecule has 0 saturated heterocycles. The Balaban J connectivity index is 3.06. The lowest BCUT2D eigenvalue weighted by Crippen LogP contribution is -1.73. The van der Waals surface area contributed by atoms with Crippen LogP contribution >= 0.6 is 23.2 Å². The van der Waals surface area contributed by atoms with Crippen molar-refractivity contribution in [1.82, 2.24) is 0 Å². The number of hydrogen-bond donors (Lipinski definition) is 0. The van der Waals surface area contributed by atoms with Gasteiger partial charge in [0, 0.05) is 5.02 Å². The predicted molar refractivity (Wildman–Crippen MR) is 50.9 cm³/mol. The molecule has 1 nitrogen and oxygen atoms in total. The van der Waals surface area contributed by atoms with Gasteiger partial charge in [0.05, 0.1) is 0 Å². The lowest BCUT2D eigenvalue weighted by atomic mass is 10.2. The van der Waals surface area contributed by atoms with Crippen LogP contribution in [0.4, 0.5) is 0 Å². The Labute approximate surface area is 80.8 Å². The van der Waals surface area contributed by atoms with Crippen LogP contribution in [0, 0.1) is 11.3 Å². The Kier molecular flexibility index (Phi) is 3.16. The minimum atomic E-state index is 0.128. The first-order valence-electron chi connectivity index (χ1n) is 3.26. The van der Waals surface area contributed by atoms with Gasteiger partial charge in [0.1, 0.15) is 11.1 Å². The summed E-state index contributed by atoms with van der Waals surface area (Å²) >= 11 is 11.3. The van der Waals surface area contributed by atoms with Crippen molar-refractivity contribution in [2.75, 3.05) is 0 Å². The second-order valence-corrected chi connectivity index (χ2v) is 2.94. The molecule has 1 aromatic rings. The minimum absolute atomic E-state index is 0.128. The van der Waals surface area contributed by atoms with Crippen molar-refractivity contribution in [3.8, 4) is 6.07 Å². The monoisotopic (exact) mass is 197 g/mol. The van der Waals surface area contributed by atoms with Crippen molar-refractivity contribution < 1.29 is 0 Å². The highest BCUT2D eigenvalue weighted by atomic mass is 35.5. The van der Waals surface area contributed by atoms with Gasteiger partial charge in [-0.2, -0.15) is 5.26 Å². The first kappa shape index (κ1) is 9.12. The molecule has 0 radical (unpaired) electrons. The lowest BCUT2D eigenvalue weighted by molar-refractivity contribution is 1.53. The second kappa shape index (κ2) is 4.15. The van der Waals surface area contributed by atoms with Crippen LogP contribution in [-0.4, -0.2) is 0 Å².